The van der Waals surface area contributed by atoms with Crippen LogP contribution in [-0.2, 0) is 9.53 Å². The fraction of sp³-hybridized carbons (Fsp3) is 0.500. The van der Waals surface area contributed by atoms with Crippen LogP contribution >= 0.6 is 0 Å². The largest absolute Gasteiger partial charge is 1.00 e. The third kappa shape index (κ3) is 5.35. The average Bonchev–Trinajstić information content (AvgIpc) is 2.41. The highest BCUT2D eigenvalue weighted by molar-refractivity contribution is 5.71. The van der Waals surface area contributed by atoms with Crippen molar-refractivity contribution >= 4 is 5.97 Å². The minimum Gasteiger partial charge on any atom is -1.00 e. The van der Waals surface area contributed by atoms with E-state index in [0.29, 0.717) is 5.75 Å². The summed E-state index contributed by atoms with van der Waals surface area (Å²) in [5.74, 6) is -0.248. The summed E-state index contributed by atoms with van der Waals surface area (Å²) in [6, 6.07) is 5.55. The van der Waals surface area contributed by atoms with Crippen molar-refractivity contribution in [3.05, 3.63) is 30.1 Å². The summed E-state index contributed by atoms with van der Waals surface area (Å²) in [4.78, 5) is 13.8. The van der Waals surface area contributed by atoms with Gasteiger partial charge in [-0.25, -0.2) is 9.18 Å². The summed E-state index contributed by atoms with van der Waals surface area (Å²) >= 11 is 0. The van der Waals surface area contributed by atoms with Crippen molar-refractivity contribution < 1.29 is 31.1 Å². The number of esters is 1. The Morgan fingerprint density at radius 2 is 1.90 bits per heavy atom. The van der Waals surface area contributed by atoms with Crippen molar-refractivity contribution in [2.75, 3.05) is 26.7 Å². The van der Waals surface area contributed by atoms with Crippen LogP contribution in [-0.4, -0.2) is 43.7 Å². The zero-order chi connectivity index (χ0) is 13.7. The zero-order valence-electron chi connectivity index (χ0n) is 11.4. The number of hydrogen-bond acceptors (Lipinski definition) is 4. The van der Waals surface area contributed by atoms with Gasteiger partial charge in [0.2, 0.25) is 0 Å². The predicted octanol–water partition coefficient (Wildman–Crippen LogP) is -1.15. The van der Waals surface area contributed by atoms with Crippen molar-refractivity contribution in [2.24, 2.45) is 0 Å². The molecule has 0 radical (unpaired) electrons. The zero-order valence-corrected chi connectivity index (χ0v) is 12.1. The van der Waals surface area contributed by atoms with Gasteiger partial charge in [-0.05, 0) is 44.2 Å². The topological polar surface area (TPSA) is 38.8 Å². The van der Waals surface area contributed by atoms with Gasteiger partial charge in [0.25, 0.3) is 0 Å². The van der Waals surface area contributed by atoms with Crippen molar-refractivity contribution in [1.82, 2.24) is 4.90 Å². The number of nitrogens with zero attached hydrogens (tertiary/aromatic N) is 1. The van der Waals surface area contributed by atoms with Crippen molar-refractivity contribution in [3.63, 3.8) is 0 Å². The van der Waals surface area contributed by atoms with E-state index >= 15 is 0 Å². The van der Waals surface area contributed by atoms with E-state index in [0.717, 1.165) is 25.9 Å². The lowest BCUT2D eigenvalue weighted by Gasteiger charge is -2.28. The molecule has 0 bridgehead atoms. The van der Waals surface area contributed by atoms with Crippen molar-refractivity contribution in [2.45, 2.75) is 18.9 Å². The Labute approximate surface area is 124 Å². The van der Waals surface area contributed by atoms with Crippen LogP contribution < -0.4 is 17.1 Å². The maximum Gasteiger partial charge on any atom is 0.344 e. The summed E-state index contributed by atoms with van der Waals surface area (Å²) in [5, 5.41) is 0. The van der Waals surface area contributed by atoms with Gasteiger partial charge in [-0.3, -0.25) is 0 Å². The number of carbonyl (C=O) groups is 1. The van der Waals surface area contributed by atoms with Gasteiger partial charge in [-0.15, -0.1) is 0 Å². The van der Waals surface area contributed by atoms with E-state index in [4.69, 9.17) is 9.47 Å². The summed E-state index contributed by atoms with van der Waals surface area (Å²) in [6.07, 6.45) is 1.71. The molecule has 112 valence electrons. The highest BCUT2D eigenvalue weighted by atomic mass is 35.5. The van der Waals surface area contributed by atoms with Crippen molar-refractivity contribution in [3.8, 4) is 5.75 Å². The van der Waals surface area contributed by atoms with Crippen LogP contribution in [0.15, 0.2) is 24.3 Å². The Morgan fingerprint density at radius 1 is 1.30 bits per heavy atom. The quantitative estimate of drug-likeness (QED) is 0.658. The van der Waals surface area contributed by atoms with E-state index in [9.17, 15) is 9.18 Å². The number of benzene rings is 1. The van der Waals surface area contributed by atoms with Gasteiger partial charge >= 0.3 is 5.97 Å². The van der Waals surface area contributed by atoms with Gasteiger partial charge in [0.05, 0.1) is 0 Å². The molecule has 1 aliphatic heterocycles. The maximum atomic E-state index is 12.7. The normalized spacial score (nSPS) is 16.3. The van der Waals surface area contributed by atoms with Crippen LogP contribution in [0.2, 0.25) is 0 Å². The molecule has 1 aromatic carbocycles. The van der Waals surface area contributed by atoms with E-state index in [1.54, 1.807) is 0 Å². The Hall–Kier alpha value is -1.33. The first-order valence-corrected chi connectivity index (χ1v) is 6.40. The minimum atomic E-state index is -0.376. The molecular weight excluding hydrogens is 285 g/mol. The first-order chi connectivity index (χ1) is 9.13. The first kappa shape index (κ1) is 16.7. The molecule has 0 amide bonds. The van der Waals surface area contributed by atoms with Gasteiger partial charge in [0.1, 0.15) is 17.7 Å². The molecular formula is C14H18ClFNO3-. The van der Waals surface area contributed by atoms with Crippen LogP contribution in [0.5, 0.6) is 5.75 Å². The molecule has 0 N–H and O–H groups in total. The molecule has 20 heavy (non-hydrogen) atoms. The lowest BCUT2D eigenvalue weighted by molar-refractivity contribution is -0.153. The van der Waals surface area contributed by atoms with E-state index in [-0.39, 0.29) is 36.9 Å². The fourth-order valence-corrected chi connectivity index (χ4v) is 2.00. The number of piperidine rings is 1. The van der Waals surface area contributed by atoms with E-state index in [2.05, 4.69) is 11.9 Å². The van der Waals surface area contributed by atoms with Gasteiger partial charge in [-0.2, -0.15) is 0 Å². The number of halogens is 2. The highest BCUT2D eigenvalue weighted by Gasteiger charge is 2.20. The standard InChI is InChI=1S/C14H18FNO3.ClH/c1-16-8-6-13(7-9-16)19-14(17)10-18-12-4-2-11(15)3-5-12;/h2-5,13H,6-10H2,1H3;1H/p-1. The molecule has 1 saturated heterocycles. The molecule has 0 aromatic heterocycles. The first-order valence-electron chi connectivity index (χ1n) is 6.40. The highest BCUT2D eigenvalue weighted by Crippen LogP contribution is 2.14. The Kier molecular flexibility index (Phi) is 6.75. The third-order valence-electron chi connectivity index (χ3n) is 3.13. The SMILES string of the molecule is CN1CCC(OC(=O)COc2ccc(F)cc2)CC1.[Cl-]. The summed E-state index contributed by atoms with van der Waals surface area (Å²) in [5.41, 5.74) is 0. The van der Waals surface area contributed by atoms with E-state index in [1.165, 1.54) is 24.3 Å². The van der Waals surface area contributed by atoms with Crippen LogP contribution in [0.1, 0.15) is 12.8 Å². The predicted molar refractivity (Wildman–Crippen MR) is 68.5 cm³/mol. The average molecular weight is 303 g/mol. The smallest absolute Gasteiger partial charge is 0.344 e. The summed E-state index contributed by atoms with van der Waals surface area (Å²) in [7, 11) is 2.05. The molecule has 0 spiro atoms. The molecule has 0 aliphatic carbocycles. The monoisotopic (exact) mass is 302 g/mol. The lowest BCUT2D eigenvalue weighted by atomic mass is 10.1. The number of ether oxygens (including phenoxy) is 2. The van der Waals surface area contributed by atoms with Crippen LogP contribution in [0, 0.1) is 5.82 Å². The molecule has 1 aromatic rings. The summed E-state index contributed by atoms with van der Waals surface area (Å²) < 4.78 is 23.2. The number of hydrogen-bond donors (Lipinski definition) is 0. The maximum absolute atomic E-state index is 12.7. The van der Waals surface area contributed by atoms with Crippen LogP contribution in [0.25, 0.3) is 0 Å². The second-order valence-electron chi connectivity index (χ2n) is 4.74. The molecule has 1 aliphatic rings. The number of rotatable bonds is 4. The Balaban J connectivity index is 0.00000200. The number of carbonyl (C=O) groups excluding carboxylic acids is 1. The van der Waals surface area contributed by atoms with Gasteiger partial charge in [0, 0.05) is 13.1 Å². The van der Waals surface area contributed by atoms with Gasteiger partial charge in [-0.1, -0.05) is 0 Å². The molecule has 0 saturated carbocycles. The van der Waals surface area contributed by atoms with E-state index in [1.807, 2.05) is 0 Å². The van der Waals surface area contributed by atoms with Gasteiger partial charge in [0.15, 0.2) is 6.61 Å². The van der Waals surface area contributed by atoms with Crippen molar-refractivity contribution in [1.29, 1.82) is 0 Å². The summed E-state index contributed by atoms with van der Waals surface area (Å²) in [6.45, 7) is 1.74. The van der Waals surface area contributed by atoms with Crippen LogP contribution in [0.4, 0.5) is 4.39 Å². The lowest BCUT2D eigenvalue weighted by Crippen LogP contribution is -3.00. The molecule has 1 heterocycles. The molecule has 6 heteroatoms. The minimum absolute atomic E-state index is 0. The fourth-order valence-electron chi connectivity index (χ4n) is 2.00. The Bertz CT molecular complexity index is 419. The second-order valence-corrected chi connectivity index (χ2v) is 4.74. The molecule has 2 rings (SSSR count). The molecule has 4 nitrogen and oxygen atoms in total. The second kappa shape index (κ2) is 8.07. The van der Waals surface area contributed by atoms with Crippen LogP contribution in [0.3, 0.4) is 0 Å². The molecule has 1 fully saturated rings. The number of likely N-dealkylation sites (tertiary alicyclic amines) is 1. The van der Waals surface area contributed by atoms with Gasteiger partial charge < -0.3 is 26.8 Å². The van der Waals surface area contributed by atoms with E-state index < -0.39 is 0 Å². The molecule has 0 atom stereocenters. The third-order valence-corrected chi connectivity index (χ3v) is 3.13. The Morgan fingerprint density at radius 3 is 2.50 bits per heavy atom. The molecule has 0 unspecified atom stereocenters.